The molecule has 1 N–H and O–H groups in total. The molecule has 2 heterocycles. The van der Waals surface area contributed by atoms with Crippen molar-refractivity contribution in [3.05, 3.63) is 52.8 Å². The number of rotatable bonds is 2. The second-order valence-electron chi connectivity index (χ2n) is 6.86. The van der Waals surface area contributed by atoms with Crippen molar-refractivity contribution >= 4 is 5.91 Å². The highest BCUT2D eigenvalue weighted by atomic mass is 16.2. The van der Waals surface area contributed by atoms with Crippen LogP contribution in [0, 0.1) is 12.8 Å². The second kappa shape index (κ2) is 5.84. The normalized spacial score (nSPS) is 23.8. The van der Waals surface area contributed by atoms with Gasteiger partial charge in [0.25, 0.3) is 0 Å². The molecule has 4 nitrogen and oxygen atoms in total. The van der Waals surface area contributed by atoms with Gasteiger partial charge in [0.2, 0.25) is 5.91 Å². The molecule has 1 aliphatic carbocycles. The number of carbonyl (C=O) groups excluding carboxylic acids is 1. The fraction of sp³-hybridized carbons (Fsp3) is 0.474. The number of aromatic nitrogens is 2. The molecule has 1 amide bonds. The molecule has 4 rings (SSSR count). The number of hydrogen-bond acceptors (Lipinski definition) is 2. The summed E-state index contributed by atoms with van der Waals surface area (Å²) in [5.74, 6) is 0.451. The maximum absolute atomic E-state index is 13.1. The molecule has 0 saturated carbocycles. The topological polar surface area (TPSA) is 49.0 Å². The van der Waals surface area contributed by atoms with E-state index in [1.165, 1.54) is 22.4 Å². The highest BCUT2D eigenvalue weighted by Crippen LogP contribution is 2.36. The van der Waals surface area contributed by atoms with Crippen LogP contribution in [-0.4, -0.2) is 27.5 Å². The van der Waals surface area contributed by atoms with E-state index in [1.54, 1.807) is 0 Å². The van der Waals surface area contributed by atoms with Crippen molar-refractivity contribution in [2.24, 2.45) is 5.92 Å². The van der Waals surface area contributed by atoms with Crippen LogP contribution in [0.5, 0.6) is 0 Å². The van der Waals surface area contributed by atoms with Crippen LogP contribution in [0.2, 0.25) is 0 Å². The lowest BCUT2D eigenvalue weighted by molar-refractivity contribution is -0.136. The quantitative estimate of drug-likeness (QED) is 0.926. The summed E-state index contributed by atoms with van der Waals surface area (Å²) in [5.41, 5.74) is 5.04. The summed E-state index contributed by atoms with van der Waals surface area (Å²) in [6, 6.07) is 8.74. The summed E-state index contributed by atoms with van der Waals surface area (Å²) in [6.45, 7) is 3.04. The van der Waals surface area contributed by atoms with E-state index in [0.29, 0.717) is 5.91 Å². The average molecular weight is 309 g/mol. The number of benzene rings is 1. The first-order valence-electron chi connectivity index (χ1n) is 8.61. The van der Waals surface area contributed by atoms with E-state index >= 15 is 0 Å². The lowest BCUT2D eigenvalue weighted by atomic mass is 9.86. The zero-order valence-electron chi connectivity index (χ0n) is 13.6. The van der Waals surface area contributed by atoms with Crippen LogP contribution in [-0.2, 0) is 17.6 Å². The zero-order valence-corrected chi connectivity index (χ0v) is 13.6. The van der Waals surface area contributed by atoms with Crippen molar-refractivity contribution in [2.75, 3.05) is 6.54 Å². The average Bonchev–Trinajstić information content (AvgIpc) is 3.23. The predicted molar refractivity (Wildman–Crippen MR) is 89.0 cm³/mol. The molecule has 2 unspecified atom stereocenters. The Labute approximate surface area is 136 Å². The van der Waals surface area contributed by atoms with Gasteiger partial charge in [-0.05, 0) is 55.7 Å². The minimum absolute atomic E-state index is 0.115. The third-order valence-corrected chi connectivity index (χ3v) is 5.45. The number of aromatic amines is 1. The number of likely N-dealkylation sites (tertiary alicyclic amines) is 1. The van der Waals surface area contributed by atoms with E-state index in [2.05, 4.69) is 46.3 Å². The lowest BCUT2D eigenvalue weighted by Gasteiger charge is -2.31. The molecule has 0 spiro atoms. The van der Waals surface area contributed by atoms with Crippen LogP contribution in [0.4, 0.5) is 0 Å². The number of nitrogens with zero attached hydrogens (tertiary/aromatic N) is 2. The maximum Gasteiger partial charge on any atom is 0.226 e. The lowest BCUT2D eigenvalue weighted by Crippen LogP contribution is -2.38. The van der Waals surface area contributed by atoms with Crippen molar-refractivity contribution in [1.29, 1.82) is 0 Å². The summed E-state index contributed by atoms with van der Waals surface area (Å²) in [4.78, 5) is 15.3. The van der Waals surface area contributed by atoms with Crippen LogP contribution < -0.4 is 0 Å². The molecule has 1 aromatic heterocycles. The Hall–Kier alpha value is -2.10. The van der Waals surface area contributed by atoms with Gasteiger partial charge in [-0.2, -0.15) is 5.10 Å². The molecular formula is C19H23N3O. The van der Waals surface area contributed by atoms with Gasteiger partial charge in [-0.15, -0.1) is 0 Å². The van der Waals surface area contributed by atoms with Crippen LogP contribution in [0.15, 0.2) is 30.5 Å². The van der Waals surface area contributed by atoms with E-state index in [-0.39, 0.29) is 12.0 Å². The Kier molecular flexibility index (Phi) is 3.68. The molecule has 4 heteroatoms. The molecule has 1 fully saturated rings. The van der Waals surface area contributed by atoms with Gasteiger partial charge in [0, 0.05) is 18.2 Å². The van der Waals surface area contributed by atoms with Gasteiger partial charge in [0.1, 0.15) is 0 Å². The number of amides is 1. The Morgan fingerprint density at radius 1 is 1.30 bits per heavy atom. The number of fused-ring (bicyclic) bond motifs is 1. The number of H-pyrrole nitrogens is 1. The van der Waals surface area contributed by atoms with Crippen molar-refractivity contribution in [2.45, 2.75) is 45.1 Å². The number of carbonyl (C=O) groups is 1. The summed E-state index contributed by atoms with van der Waals surface area (Å²) in [6.07, 6.45) is 6.79. The summed E-state index contributed by atoms with van der Waals surface area (Å²) in [7, 11) is 0. The molecule has 0 radical (unpaired) electrons. The van der Waals surface area contributed by atoms with Gasteiger partial charge in [-0.3, -0.25) is 9.89 Å². The first kappa shape index (κ1) is 14.5. The fourth-order valence-electron chi connectivity index (χ4n) is 4.18. The summed E-state index contributed by atoms with van der Waals surface area (Å²) < 4.78 is 0. The number of hydrogen-bond donors (Lipinski definition) is 1. The van der Waals surface area contributed by atoms with Crippen molar-refractivity contribution in [3.8, 4) is 0 Å². The minimum atomic E-state index is 0.115. The number of nitrogens with one attached hydrogen (secondary N) is 1. The monoisotopic (exact) mass is 309 g/mol. The molecule has 120 valence electrons. The molecule has 1 saturated heterocycles. The van der Waals surface area contributed by atoms with Gasteiger partial charge in [0.05, 0.1) is 12.2 Å². The van der Waals surface area contributed by atoms with E-state index in [9.17, 15) is 4.79 Å². The first-order chi connectivity index (χ1) is 11.2. The van der Waals surface area contributed by atoms with Crippen LogP contribution in [0.1, 0.15) is 47.7 Å². The van der Waals surface area contributed by atoms with Gasteiger partial charge in [0.15, 0.2) is 0 Å². The Morgan fingerprint density at radius 2 is 2.17 bits per heavy atom. The Balaban J connectivity index is 1.55. The van der Waals surface area contributed by atoms with Crippen molar-refractivity contribution in [1.82, 2.24) is 15.1 Å². The highest BCUT2D eigenvalue weighted by molar-refractivity contribution is 5.80. The van der Waals surface area contributed by atoms with E-state index in [0.717, 1.165) is 38.6 Å². The molecule has 1 aliphatic heterocycles. The summed E-state index contributed by atoms with van der Waals surface area (Å²) >= 11 is 0. The standard InChI is InChI=1S/C19H23N3O/c1-13-5-2-3-6-16(13)18-7-4-10-22(18)19(23)14-8-9-17-15(11-14)12-20-21-17/h2-3,5-6,12,14,18H,4,7-11H2,1H3,(H,20,21). The Bertz CT molecular complexity index is 721. The Morgan fingerprint density at radius 3 is 3.04 bits per heavy atom. The first-order valence-corrected chi connectivity index (χ1v) is 8.61. The molecule has 2 aliphatic rings. The number of aryl methyl sites for hydroxylation is 2. The van der Waals surface area contributed by atoms with Crippen LogP contribution in [0.3, 0.4) is 0 Å². The third kappa shape index (κ3) is 2.56. The highest BCUT2D eigenvalue weighted by Gasteiger charge is 2.36. The second-order valence-corrected chi connectivity index (χ2v) is 6.86. The van der Waals surface area contributed by atoms with E-state index in [4.69, 9.17) is 0 Å². The summed E-state index contributed by atoms with van der Waals surface area (Å²) in [5, 5.41) is 7.17. The third-order valence-electron chi connectivity index (χ3n) is 5.45. The maximum atomic E-state index is 13.1. The predicted octanol–water partition coefficient (Wildman–Crippen LogP) is 3.19. The van der Waals surface area contributed by atoms with E-state index < -0.39 is 0 Å². The molecule has 2 atom stereocenters. The van der Waals surface area contributed by atoms with Crippen molar-refractivity contribution < 1.29 is 4.79 Å². The smallest absolute Gasteiger partial charge is 0.226 e. The molecule has 2 aromatic rings. The molecule has 1 aromatic carbocycles. The van der Waals surface area contributed by atoms with Gasteiger partial charge in [-0.1, -0.05) is 24.3 Å². The molecule has 0 bridgehead atoms. The molecular weight excluding hydrogens is 286 g/mol. The fourth-order valence-corrected chi connectivity index (χ4v) is 4.18. The van der Waals surface area contributed by atoms with Gasteiger partial charge >= 0.3 is 0 Å². The SMILES string of the molecule is Cc1ccccc1C1CCCN1C(=O)C1CCc2[nH]ncc2C1. The van der Waals surface area contributed by atoms with E-state index in [1.807, 2.05) is 6.20 Å². The zero-order chi connectivity index (χ0) is 15.8. The van der Waals surface area contributed by atoms with Gasteiger partial charge < -0.3 is 4.90 Å². The van der Waals surface area contributed by atoms with Gasteiger partial charge in [-0.25, -0.2) is 0 Å². The minimum Gasteiger partial charge on any atom is -0.335 e. The molecule has 23 heavy (non-hydrogen) atoms. The van der Waals surface area contributed by atoms with Crippen LogP contribution in [0.25, 0.3) is 0 Å². The van der Waals surface area contributed by atoms with Crippen LogP contribution >= 0.6 is 0 Å². The van der Waals surface area contributed by atoms with Crippen molar-refractivity contribution in [3.63, 3.8) is 0 Å². The largest absolute Gasteiger partial charge is 0.335 e.